The predicted octanol–water partition coefficient (Wildman–Crippen LogP) is 2.65. The van der Waals surface area contributed by atoms with Gasteiger partial charge in [-0.25, -0.2) is 9.78 Å². The van der Waals surface area contributed by atoms with Crippen LogP contribution in [0.1, 0.15) is 10.5 Å². The van der Waals surface area contributed by atoms with Gasteiger partial charge in [-0.3, -0.25) is 0 Å². The summed E-state index contributed by atoms with van der Waals surface area (Å²) in [5, 5.41) is 9.89. The van der Waals surface area contributed by atoms with E-state index in [1.165, 1.54) is 11.8 Å². The van der Waals surface area contributed by atoms with Crippen LogP contribution in [0.25, 0.3) is 10.9 Å². The molecule has 0 aliphatic rings. The largest absolute Gasteiger partial charge is 0.477 e. The van der Waals surface area contributed by atoms with Gasteiger partial charge in [-0.2, -0.15) is 0 Å². The molecule has 1 heterocycles. The van der Waals surface area contributed by atoms with Crippen molar-refractivity contribution < 1.29 is 9.90 Å². The highest BCUT2D eigenvalue weighted by Gasteiger charge is 2.09. The number of pyridine rings is 1. The monoisotopic (exact) mass is 219 g/mol. The summed E-state index contributed by atoms with van der Waals surface area (Å²) in [5.74, 6) is -0.990. The Labute approximate surface area is 91.1 Å². The highest BCUT2D eigenvalue weighted by atomic mass is 32.2. The Kier molecular flexibility index (Phi) is 2.60. The first-order chi connectivity index (χ1) is 7.22. The first-order valence-corrected chi connectivity index (χ1v) is 5.62. The number of para-hydroxylation sites is 1. The Balaban J connectivity index is 2.77. The van der Waals surface area contributed by atoms with Crippen LogP contribution >= 0.6 is 11.8 Å². The molecular weight excluding hydrogens is 210 g/mol. The summed E-state index contributed by atoms with van der Waals surface area (Å²) in [6, 6.07) is 9.14. The van der Waals surface area contributed by atoms with Gasteiger partial charge in [-0.05, 0) is 18.4 Å². The molecule has 1 aromatic carbocycles. The number of benzene rings is 1. The molecule has 0 fully saturated rings. The van der Waals surface area contributed by atoms with Gasteiger partial charge in [-0.15, -0.1) is 11.8 Å². The maximum Gasteiger partial charge on any atom is 0.354 e. The van der Waals surface area contributed by atoms with Crippen LogP contribution in [0.2, 0.25) is 0 Å². The van der Waals surface area contributed by atoms with Crippen LogP contribution in [0.5, 0.6) is 0 Å². The lowest BCUT2D eigenvalue weighted by molar-refractivity contribution is 0.0690. The fraction of sp³-hybridized carbons (Fsp3) is 0.0909. The maximum absolute atomic E-state index is 10.8. The molecule has 0 aliphatic carbocycles. The smallest absolute Gasteiger partial charge is 0.354 e. The van der Waals surface area contributed by atoms with Gasteiger partial charge in [0.15, 0.2) is 0 Å². The van der Waals surface area contributed by atoms with Crippen molar-refractivity contribution in [2.24, 2.45) is 0 Å². The lowest BCUT2D eigenvalue weighted by Gasteiger charge is -2.04. The molecule has 1 aromatic heterocycles. The van der Waals surface area contributed by atoms with Crippen LogP contribution in [-0.4, -0.2) is 22.3 Å². The molecule has 0 spiro atoms. The topological polar surface area (TPSA) is 50.2 Å². The zero-order valence-corrected chi connectivity index (χ0v) is 8.91. The van der Waals surface area contributed by atoms with Gasteiger partial charge in [-0.1, -0.05) is 18.2 Å². The van der Waals surface area contributed by atoms with Crippen molar-refractivity contribution in [3.8, 4) is 0 Å². The van der Waals surface area contributed by atoms with E-state index >= 15 is 0 Å². The zero-order valence-electron chi connectivity index (χ0n) is 8.10. The number of rotatable bonds is 2. The second-order valence-electron chi connectivity index (χ2n) is 3.03. The minimum absolute atomic E-state index is 0.0954. The first kappa shape index (κ1) is 9.98. The number of aromatic nitrogens is 1. The van der Waals surface area contributed by atoms with Crippen molar-refractivity contribution in [2.75, 3.05) is 6.26 Å². The molecule has 1 N–H and O–H groups in total. The van der Waals surface area contributed by atoms with Crippen molar-refractivity contribution in [3.05, 3.63) is 36.0 Å². The van der Waals surface area contributed by atoms with Crippen LogP contribution in [0.3, 0.4) is 0 Å². The Bertz CT molecular complexity index is 525. The first-order valence-electron chi connectivity index (χ1n) is 4.39. The molecule has 0 aliphatic heterocycles. The summed E-state index contributed by atoms with van der Waals surface area (Å²) < 4.78 is 0. The minimum Gasteiger partial charge on any atom is -0.477 e. The molecular formula is C11H9NO2S. The second-order valence-corrected chi connectivity index (χ2v) is 3.88. The quantitative estimate of drug-likeness (QED) is 0.789. The van der Waals surface area contributed by atoms with E-state index < -0.39 is 5.97 Å². The van der Waals surface area contributed by atoms with E-state index in [4.69, 9.17) is 5.11 Å². The van der Waals surface area contributed by atoms with Gasteiger partial charge >= 0.3 is 5.97 Å². The number of thioether (sulfide) groups is 1. The molecule has 0 bridgehead atoms. The minimum atomic E-state index is -0.990. The summed E-state index contributed by atoms with van der Waals surface area (Å²) in [4.78, 5) is 15.9. The van der Waals surface area contributed by atoms with Gasteiger partial charge in [0.05, 0.1) is 5.52 Å². The van der Waals surface area contributed by atoms with E-state index in [0.29, 0.717) is 0 Å². The maximum atomic E-state index is 10.8. The molecule has 2 rings (SSSR count). The van der Waals surface area contributed by atoms with Crippen molar-refractivity contribution >= 4 is 28.6 Å². The van der Waals surface area contributed by atoms with Crippen molar-refractivity contribution in [2.45, 2.75) is 4.90 Å². The molecule has 4 heteroatoms. The van der Waals surface area contributed by atoms with Crippen molar-refractivity contribution in [1.82, 2.24) is 4.98 Å². The predicted molar refractivity (Wildman–Crippen MR) is 60.5 cm³/mol. The zero-order chi connectivity index (χ0) is 10.8. The van der Waals surface area contributed by atoms with Crippen molar-refractivity contribution in [1.29, 1.82) is 0 Å². The molecule has 2 aromatic rings. The number of carboxylic acid groups (broad SMARTS) is 1. The fourth-order valence-corrected chi connectivity index (χ4v) is 2.04. The Morgan fingerprint density at radius 1 is 1.40 bits per heavy atom. The normalized spacial score (nSPS) is 10.5. The standard InChI is InChI=1S/C11H9NO2S/c1-15-10-6-9(11(13)14)12-8-5-3-2-4-7(8)10/h2-6H,1H3,(H,13,14). The number of hydrogen-bond acceptors (Lipinski definition) is 3. The Morgan fingerprint density at radius 3 is 2.80 bits per heavy atom. The molecule has 0 saturated carbocycles. The Hall–Kier alpha value is -1.55. The van der Waals surface area contributed by atoms with E-state index in [9.17, 15) is 4.79 Å². The van der Waals surface area contributed by atoms with Crippen LogP contribution in [-0.2, 0) is 0 Å². The van der Waals surface area contributed by atoms with Crippen LogP contribution < -0.4 is 0 Å². The van der Waals surface area contributed by atoms with E-state index in [2.05, 4.69) is 4.98 Å². The summed E-state index contributed by atoms with van der Waals surface area (Å²) in [7, 11) is 0. The number of carboxylic acids is 1. The van der Waals surface area contributed by atoms with Crippen LogP contribution in [0.15, 0.2) is 35.2 Å². The number of nitrogens with zero attached hydrogens (tertiary/aromatic N) is 1. The van der Waals surface area contributed by atoms with E-state index in [-0.39, 0.29) is 5.69 Å². The molecule has 0 atom stereocenters. The van der Waals surface area contributed by atoms with E-state index in [1.54, 1.807) is 6.07 Å². The number of fused-ring (bicyclic) bond motifs is 1. The van der Waals surface area contributed by atoms with E-state index in [0.717, 1.165) is 15.8 Å². The molecule has 0 amide bonds. The lowest BCUT2D eigenvalue weighted by Crippen LogP contribution is -2.00. The molecule has 0 saturated heterocycles. The average Bonchev–Trinajstić information content (AvgIpc) is 2.27. The Morgan fingerprint density at radius 2 is 2.13 bits per heavy atom. The second kappa shape index (κ2) is 3.90. The van der Waals surface area contributed by atoms with Gasteiger partial charge in [0, 0.05) is 10.3 Å². The van der Waals surface area contributed by atoms with Gasteiger partial charge in [0.1, 0.15) is 5.69 Å². The summed E-state index contributed by atoms with van der Waals surface area (Å²) in [6.45, 7) is 0. The third-order valence-corrected chi connectivity index (χ3v) is 2.89. The molecule has 15 heavy (non-hydrogen) atoms. The van der Waals surface area contributed by atoms with Crippen LogP contribution in [0, 0.1) is 0 Å². The van der Waals surface area contributed by atoms with Crippen LogP contribution in [0.4, 0.5) is 0 Å². The molecule has 3 nitrogen and oxygen atoms in total. The van der Waals surface area contributed by atoms with Gasteiger partial charge < -0.3 is 5.11 Å². The van der Waals surface area contributed by atoms with E-state index in [1.807, 2.05) is 30.5 Å². The molecule has 0 unspecified atom stereocenters. The lowest BCUT2D eigenvalue weighted by atomic mass is 10.2. The fourth-order valence-electron chi connectivity index (χ4n) is 1.42. The average molecular weight is 219 g/mol. The SMILES string of the molecule is CSc1cc(C(=O)O)nc2ccccc12. The third-order valence-electron chi connectivity index (χ3n) is 2.12. The molecule has 76 valence electrons. The van der Waals surface area contributed by atoms with Gasteiger partial charge in [0.2, 0.25) is 0 Å². The summed E-state index contributed by atoms with van der Waals surface area (Å²) in [6.07, 6.45) is 1.92. The highest BCUT2D eigenvalue weighted by molar-refractivity contribution is 7.98. The number of carbonyl (C=O) groups is 1. The number of hydrogen-bond donors (Lipinski definition) is 1. The van der Waals surface area contributed by atoms with Crippen molar-refractivity contribution in [3.63, 3.8) is 0 Å². The number of aromatic carboxylic acids is 1. The molecule has 0 radical (unpaired) electrons. The summed E-state index contributed by atoms with van der Waals surface area (Å²) in [5.41, 5.74) is 0.819. The highest BCUT2D eigenvalue weighted by Crippen LogP contribution is 2.25. The third kappa shape index (κ3) is 1.80. The van der Waals surface area contributed by atoms with Gasteiger partial charge in [0.25, 0.3) is 0 Å². The summed E-state index contributed by atoms with van der Waals surface area (Å²) >= 11 is 1.53.